The molecule has 1 atom stereocenters. The molecule has 1 aromatic rings. The predicted molar refractivity (Wildman–Crippen MR) is 72.9 cm³/mol. The summed E-state index contributed by atoms with van der Waals surface area (Å²) < 4.78 is 27.9. The van der Waals surface area contributed by atoms with Gasteiger partial charge < -0.3 is 5.73 Å². The van der Waals surface area contributed by atoms with Crippen LogP contribution in [0.5, 0.6) is 0 Å². The summed E-state index contributed by atoms with van der Waals surface area (Å²) in [6.45, 7) is 3.17. The molecule has 1 fully saturated rings. The summed E-state index contributed by atoms with van der Waals surface area (Å²) in [6, 6.07) is 0. The van der Waals surface area contributed by atoms with Gasteiger partial charge in [-0.05, 0) is 6.42 Å². The molecular formula is C10H18N4O2S2. The SMILES string of the molecule is CCC1CN(S(=O)(=O)c2cn(C)nc2N)CCS1. The molecule has 18 heavy (non-hydrogen) atoms. The first kappa shape index (κ1) is 13.7. The lowest BCUT2D eigenvalue weighted by Crippen LogP contribution is -2.41. The lowest BCUT2D eigenvalue weighted by molar-refractivity contribution is 0.416. The minimum absolute atomic E-state index is 0.0729. The van der Waals surface area contributed by atoms with Crippen LogP contribution in [-0.2, 0) is 17.1 Å². The topological polar surface area (TPSA) is 81.2 Å². The van der Waals surface area contributed by atoms with Gasteiger partial charge in [0, 0.05) is 37.3 Å². The van der Waals surface area contributed by atoms with Crippen LogP contribution in [-0.4, -0.2) is 46.6 Å². The van der Waals surface area contributed by atoms with E-state index in [0.29, 0.717) is 18.3 Å². The zero-order chi connectivity index (χ0) is 13.3. The van der Waals surface area contributed by atoms with Gasteiger partial charge in [-0.1, -0.05) is 6.92 Å². The van der Waals surface area contributed by atoms with Crippen molar-refractivity contribution in [2.24, 2.45) is 7.05 Å². The Morgan fingerprint density at radius 1 is 1.61 bits per heavy atom. The Hall–Kier alpha value is -0.730. The fourth-order valence-electron chi connectivity index (χ4n) is 1.98. The minimum atomic E-state index is -3.50. The Labute approximate surface area is 112 Å². The Bertz CT molecular complexity index is 526. The first-order chi connectivity index (χ1) is 8.45. The van der Waals surface area contributed by atoms with Crippen LogP contribution >= 0.6 is 11.8 Å². The van der Waals surface area contributed by atoms with E-state index in [4.69, 9.17) is 5.73 Å². The summed E-state index contributed by atoms with van der Waals surface area (Å²) in [5, 5.41) is 4.26. The van der Waals surface area contributed by atoms with Crippen molar-refractivity contribution >= 4 is 27.6 Å². The number of sulfonamides is 1. The molecular weight excluding hydrogens is 272 g/mol. The van der Waals surface area contributed by atoms with Crippen molar-refractivity contribution < 1.29 is 8.42 Å². The van der Waals surface area contributed by atoms with Gasteiger partial charge in [-0.2, -0.15) is 21.2 Å². The van der Waals surface area contributed by atoms with E-state index in [-0.39, 0.29) is 10.7 Å². The molecule has 0 amide bonds. The molecule has 0 radical (unpaired) electrons. The highest BCUT2D eigenvalue weighted by molar-refractivity contribution is 8.00. The third kappa shape index (κ3) is 2.50. The van der Waals surface area contributed by atoms with E-state index in [1.807, 2.05) is 11.8 Å². The van der Waals surface area contributed by atoms with Gasteiger partial charge in [0.15, 0.2) is 5.82 Å². The molecule has 0 spiro atoms. The number of hydrogen-bond donors (Lipinski definition) is 1. The van der Waals surface area contributed by atoms with E-state index in [0.717, 1.165) is 12.2 Å². The van der Waals surface area contributed by atoms with Crippen molar-refractivity contribution in [3.05, 3.63) is 6.20 Å². The van der Waals surface area contributed by atoms with Crippen LogP contribution in [0, 0.1) is 0 Å². The fraction of sp³-hybridized carbons (Fsp3) is 0.700. The number of hydrogen-bond acceptors (Lipinski definition) is 5. The Morgan fingerprint density at radius 2 is 2.33 bits per heavy atom. The second-order valence-corrected chi connectivity index (χ2v) is 7.63. The summed E-state index contributed by atoms with van der Waals surface area (Å²) >= 11 is 1.83. The van der Waals surface area contributed by atoms with Gasteiger partial charge in [0.1, 0.15) is 4.90 Å². The molecule has 1 unspecified atom stereocenters. The minimum Gasteiger partial charge on any atom is -0.381 e. The molecule has 2 N–H and O–H groups in total. The number of anilines is 1. The Balaban J connectivity index is 2.28. The molecule has 0 bridgehead atoms. The lowest BCUT2D eigenvalue weighted by atomic mass is 10.3. The summed E-state index contributed by atoms with van der Waals surface area (Å²) in [7, 11) is -1.84. The van der Waals surface area contributed by atoms with E-state index in [1.54, 1.807) is 7.05 Å². The number of nitrogen functional groups attached to an aromatic ring is 1. The van der Waals surface area contributed by atoms with Crippen molar-refractivity contribution in [2.45, 2.75) is 23.5 Å². The molecule has 0 aliphatic carbocycles. The second kappa shape index (κ2) is 5.10. The summed E-state index contributed by atoms with van der Waals surface area (Å²) in [4.78, 5) is 0.117. The number of rotatable bonds is 3. The highest BCUT2D eigenvalue weighted by Crippen LogP contribution is 2.27. The maximum absolute atomic E-state index is 12.5. The summed E-state index contributed by atoms with van der Waals surface area (Å²) in [5.74, 6) is 0.904. The number of nitrogens with zero attached hydrogens (tertiary/aromatic N) is 3. The molecule has 1 aliphatic heterocycles. The first-order valence-electron chi connectivity index (χ1n) is 5.86. The number of thioether (sulfide) groups is 1. The van der Waals surface area contributed by atoms with Crippen LogP contribution in [0.4, 0.5) is 5.82 Å². The average molecular weight is 290 g/mol. The van der Waals surface area contributed by atoms with Crippen LogP contribution in [0.2, 0.25) is 0 Å². The van der Waals surface area contributed by atoms with Crippen molar-refractivity contribution in [2.75, 3.05) is 24.6 Å². The van der Waals surface area contributed by atoms with Crippen molar-refractivity contribution in [1.82, 2.24) is 14.1 Å². The summed E-state index contributed by atoms with van der Waals surface area (Å²) in [5.41, 5.74) is 5.66. The van der Waals surface area contributed by atoms with E-state index in [2.05, 4.69) is 12.0 Å². The molecule has 2 rings (SSSR count). The van der Waals surface area contributed by atoms with Crippen molar-refractivity contribution in [1.29, 1.82) is 0 Å². The standard InChI is InChI=1S/C10H18N4O2S2/c1-3-8-6-14(4-5-17-8)18(15,16)9-7-13(2)12-10(9)11/h7-8H,3-6H2,1-2H3,(H2,11,12). The van der Waals surface area contributed by atoms with Gasteiger partial charge in [0.05, 0.1) is 0 Å². The van der Waals surface area contributed by atoms with Gasteiger partial charge in [-0.25, -0.2) is 8.42 Å². The van der Waals surface area contributed by atoms with Gasteiger partial charge in [0.25, 0.3) is 0 Å². The Morgan fingerprint density at radius 3 is 2.89 bits per heavy atom. The number of aromatic nitrogens is 2. The van der Waals surface area contributed by atoms with Crippen LogP contribution in [0.3, 0.4) is 0 Å². The zero-order valence-corrected chi connectivity index (χ0v) is 12.2. The van der Waals surface area contributed by atoms with Gasteiger partial charge in [0.2, 0.25) is 10.0 Å². The first-order valence-corrected chi connectivity index (χ1v) is 8.35. The largest absolute Gasteiger partial charge is 0.381 e. The quantitative estimate of drug-likeness (QED) is 0.877. The molecule has 0 saturated carbocycles. The highest BCUT2D eigenvalue weighted by Gasteiger charge is 2.32. The van der Waals surface area contributed by atoms with Crippen LogP contribution in [0.15, 0.2) is 11.1 Å². The van der Waals surface area contributed by atoms with Crippen LogP contribution in [0.25, 0.3) is 0 Å². The predicted octanol–water partition coefficient (Wildman–Crippen LogP) is 0.518. The third-order valence-electron chi connectivity index (χ3n) is 3.00. The fourth-order valence-corrected chi connectivity index (χ4v) is 4.95. The smallest absolute Gasteiger partial charge is 0.248 e. The van der Waals surface area contributed by atoms with Crippen molar-refractivity contribution in [3.8, 4) is 0 Å². The highest BCUT2D eigenvalue weighted by atomic mass is 32.2. The molecule has 8 heteroatoms. The number of aryl methyl sites for hydroxylation is 1. The van der Waals surface area contributed by atoms with Crippen LogP contribution in [0.1, 0.15) is 13.3 Å². The molecule has 2 heterocycles. The van der Waals surface area contributed by atoms with Gasteiger partial charge in [-0.15, -0.1) is 0 Å². The maximum Gasteiger partial charge on any atom is 0.248 e. The normalized spacial score (nSPS) is 22.2. The second-order valence-electron chi connectivity index (χ2n) is 4.32. The number of nitrogens with two attached hydrogens (primary N) is 1. The van der Waals surface area contributed by atoms with E-state index in [1.165, 1.54) is 15.2 Å². The molecule has 0 aromatic carbocycles. The summed E-state index contributed by atoms with van der Waals surface area (Å²) in [6.07, 6.45) is 2.44. The van der Waals surface area contributed by atoms with E-state index < -0.39 is 10.0 Å². The van der Waals surface area contributed by atoms with E-state index in [9.17, 15) is 8.42 Å². The molecule has 1 aliphatic rings. The monoisotopic (exact) mass is 290 g/mol. The van der Waals surface area contributed by atoms with Crippen LogP contribution < -0.4 is 5.73 Å². The molecule has 1 saturated heterocycles. The third-order valence-corrected chi connectivity index (χ3v) is 6.25. The van der Waals surface area contributed by atoms with Crippen molar-refractivity contribution in [3.63, 3.8) is 0 Å². The Kier molecular flexibility index (Phi) is 3.88. The van der Waals surface area contributed by atoms with E-state index >= 15 is 0 Å². The van der Waals surface area contributed by atoms with Gasteiger partial charge in [-0.3, -0.25) is 4.68 Å². The van der Waals surface area contributed by atoms with Gasteiger partial charge >= 0.3 is 0 Å². The maximum atomic E-state index is 12.5. The molecule has 6 nitrogen and oxygen atoms in total. The molecule has 102 valence electrons. The molecule has 1 aromatic heterocycles. The zero-order valence-electron chi connectivity index (χ0n) is 10.5. The average Bonchev–Trinajstić information content (AvgIpc) is 2.69. The lowest BCUT2D eigenvalue weighted by Gasteiger charge is -2.30.